The van der Waals surface area contributed by atoms with E-state index in [-0.39, 0.29) is 35.6 Å². The maximum absolute atomic E-state index is 12.9. The van der Waals surface area contributed by atoms with E-state index in [1.165, 1.54) is 4.90 Å². The molecule has 0 saturated carbocycles. The van der Waals surface area contributed by atoms with E-state index in [1.807, 2.05) is 42.5 Å². The van der Waals surface area contributed by atoms with Gasteiger partial charge in [0.1, 0.15) is 5.69 Å². The topological polar surface area (TPSA) is 75.5 Å². The van der Waals surface area contributed by atoms with E-state index in [4.69, 9.17) is 0 Å². The van der Waals surface area contributed by atoms with Crippen LogP contribution in [0.1, 0.15) is 23.3 Å². The van der Waals surface area contributed by atoms with E-state index >= 15 is 0 Å². The summed E-state index contributed by atoms with van der Waals surface area (Å²) < 4.78 is 1.59. The number of fused-ring (bicyclic) bond motifs is 1. The molecule has 2 aliphatic heterocycles. The van der Waals surface area contributed by atoms with Gasteiger partial charge in [0.15, 0.2) is 0 Å². The molecule has 148 valence electrons. The van der Waals surface area contributed by atoms with Crippen molar-refractivity contribution in [2.75, 3.05) is 13.1 Å². The van der Waals surface area contributed by atoms with Crippen LogP contribution in [-0.4, -0.2) is 56.4 Å². The highest BCUT2D eigenvalue weighted by molar-refractivity contribution is 6.06. The first-order chi connectivity index (χ1) is 14.0. The van der Waals surface area contributed by atoms with Crippen molar-refractivity contribution in [1.29, 1.82) is 0 Å². The van der Waals surface area contributed by atoms with Gasteiger partial charge in [-0.2, -0.15) is 5.10 Å². The summed E-state index contributed by atoms with van der Waals surface area (Å²) in [4.78, 5) is 41.4. The summed E-state index contributed by atoms with van der Waals surface area (Å²) >= 11 is 0. The number of amides is 3. The number of likely N-dealkylation sites (tertiary alicyclic amines) is 2. The zero-order valence-corrected chi connectivity index (χ0v) is 16.2. The van der Waals surface area contributed by atoms with Gasteiger partial charge in [-0.1, -0.05) is 42.5 Å². The number of hydrogen-bond donors (Lipinski definition) is 0. The van der Waals surface area contributed by atoms with Crippen LogP contribution < -0.4 is 0 Å². The van der Waals surface area contributed by atoms with Gasteiger partial charge < -0.3 is 4.90 Å². The van der Waals surface area contributed by atoms with Crippen LogP contribution in [0, 0.1) is 11.8 Å². The number of rotatable bonds is 3. The average Bonchev–Trinajstić information content (AvgIpc) is 3.21. The highest BCUT2D eigenvalue weighted by Gasteiger charge is 2.52. The van der Waals surface area contributed by atoms with E-state index in [9.17, 15) is 14.4 Å². The third-order valence-electron chi connectivity index (χ3n) is 6.22. The molecule has 3 aliphatic rings. The SMILES string of the molecule is Cn1nc(-c2ccccc2)cc1C(=O)N1CC(N2C(=O)C3CC=CCC3C2=O)C1. The van der Waals surface area contributed by atoms with Crippen LogP contribution in [0.4, 0.5) is 0 Å². The number of allylic oxidation sites excluding steroid dienone is 2. The smallest absolute Gasteiger partial charge is 0.272 e. The van der Waals surface area contributed by atoms with Crippen LogP contribution in [0.15, 0.2) is 48.6 Å². The zero-order valence-electron chi connectivity index (χ0n) is 16.2. The summed E-state index contributed by atoms with van der Waals surface area (Å²) in [5.74, 6) is -0.719. The van der Waals surface area contributed by atoms with Gasteiger partial charge >= 0.3 is 0 Å². The Morgan fingerprint density at radius 3 is 2.24 bits per heavy atom. The molecule has 1 aliphatic carbocycles. The third-order valence-corrected chi connectivity index (χ3v) is 6.22. The Labute approximate surface area is 168 Å². The number of aromatic nitrogens is 2. The van der Waals surface area contributed by atoms with Gasteiger partial charge in [-0.3, -0.25) is 24.0 Å². The van der Waals surface area contributed by atoms with Crippen molar-refractivity contribution in [2.45, 2.75) is 18.9 Å². The van der Waals surface area contributed by atoms with Crippen LogP contribution in [0.25, 0.3) is 11.3 Å². The van der Waals surface area contributed by atoms with Crippen molar-refractivity contribution in [3.05, 3.63) is 54.2 Å². The third kappa shape index (κ3) is 2.80. The molecule has 2 aromatic rings. The van der Waals surface area contributed by atoms with Crippen molar-refractivity contribution in [3.63, 3.8) is 0 Å². The predicted octanol–water partition coefficient (Wildman–Crippen LogP) is 1.86. The van der Waals surface area contributed by atoms with Gasteiger partial charge in [0.2, 0.25) is 11.8 Å². The van der Waals surface area contributed by atoms with E-state index in [1.54, 1.807) is 22.7 Å². The summed E-state index contributed by atoms with van der Waals surface area (Å²) in [6, 6.07) is 11.3. The summed E-state index contributed by atoms with van der Waals surface area (Å²) in [6.45, 7) is 0.768. The lowest BCUT2D eigenvalue weighted by atomic mass is 9.85. The van der Waals surface area contributed by atoms with Gasteiger partial charge in [0.05, 0.1) is 23.6 Å². The van der Waals surface area contributed by atoms with Crippen LogP contribution in [0.2, 0.25) is 0 Å². The average molecular weight is 390 g/mol. The highest BCUT2D eigenvalue weighted by Crippen LogP contribution is 2.37. The first kappa shape index (κ1) is 17.8. The second-order valence-corrected chi connectivity index (χ2v) is 7.97. The fraction of sp³-hybridized carbons (Fsp3) is 0.364. The van der Waals surface area contributed by atoms with E-state index in [0.29, 0.717) is 31.6 Å². The number of carbonyl (C=O) groups excluding carboxylic acids is 3. The quantitative estimate of drug-likeness (QED) is 0.592. The Bertz CT molecular complexity index is 994. The zero-order chi connectivity index (χ0) is 20.1. The molecule has 3 amide bonds. The fourth-order valence-electron chi connectivity index (χ4n) is 4.55. The monoisotopic (exact) mass is 390 g/mol. The molecule has 2 atom stereocenters. The summed E-state index contributed by atoms with van der Waals surface area (Å²) in [6.07, 6.45) is 5.25. The Morgan fingerprint density at radius 1 is 1.00 bits per heavy atom. The molecule has 7 nitrogen and oxygen atoms in total. The number of hydrogen-bond acceptors (Lipinski definition) is 4. The summed E-state index contributed by atoms with van der Waals surface area (Å²) in [7, 11) is 1.75. The molecule has 1 aromatic heterocycles. The molecule has 29 heavy (non-hydrogen) atoms. The fourth-order valence-corrected chi connectivity index (χ4v) is 4.55. The standard InChI is InChI=1S/C22H22N4O3/c1-24-19(11-18(23-24)14-7-3-2-4-8-14)22(29)25-12-15(13-25)26-20(27)16-9-5-6-10-17(16)21(26)28/h2-8,11,15-17H,9-10,12-13H2,1H3. The first-order valence-corrected chi connectivity index (χ1v) is 9.95. The molecule has 2 unspecified atom stereocenters. The molecule has 0 bridgehead atoms. The number of nitrogens with zero attached hydrogens (tertiary/aromatic N) is 4. The van der Waals surface area contributed by atoms with Crippen LogP contribution in [-0.2, 0) is 16.6 Å². The molecule has 2 fully saturated rings. The Hall–Kier alpha value is -3.22. The minimum absolute atomic E-state index is 0.0756. The van der Waals surface area contributed by atoms with Crippen LogP contribution >= 0.6 is 0 Å². The minimum atomic E-state index is -0.220. The molecule has 7 heteroatoms. The van der Waals surface area contributed by atoms with Crippen LogP contribution in [0.3, 0.4) is 0 Å². The Balaban J connectivity index is 1.28. The van der Waals surface area contributed by atoms with E-state index in [0.717, 1.165) is 11.3 Å². The molecule has 0 spiro atoms. The van der Waals surface area contributed by atoms with Crippen molar-refractivity contribution in [3.8, 4) is 11.3 Å². The van der Waals surface area contributed by atoms with Gasteiger partial charge in [-0.25, -0.2) is 0 Å². The highest BCUT2D eigenvalue weighted by atomic mass is 16.2. The van der Waals surface area contributed by atoms with Gasteiger partial charge in [0.25, 0.3) is 5.91 Å². The van der Waals surface area contributed by atoms with Crippen molar-refractivity contribution in [2.24, 2.45) is 18.9 Å². The lowest BCUT2D eigenvalue weighted by Gasteiger charge is -2.43. The predicted molar refractivity (Wildman–Crippen MR) is 106 cm³/mol. The van der Waals surface area contributed by atoms with Crippen LogP contribution in [0.5, 0.6) is 0 Å². The normalized spacial score (nSPS) is 24.0. The molecular formula is C22H22N4O3. The summed E-state index contributed by atoms with van der Waals surface area (Å²) in [5, 5.41) is 4.46. The minimum Gasteiger partial charge on any atom is -0.333 e. The van der Waals surface area contributed by atoms with Crippen molar-refractivity contribution >= 4 is 17.7 Å². The maximum Gasteiger partial charge on any atom is 0.272 e. The Kier molecular flexibility index (Phi) is 4.12. The molecular weight excluding hydrogens is 368 g/mol. The van der Waals surface area contributed by atoms with Gasteiger partial charge in [0, 0.05) is 25.7 Å². The molecule has 3 heterocycles. The van der Waals surface area contributed by atoms with Gasteiger partial charge in [-0.05, 0) is 18.9 Å². The molecule has 1 aromatic carbocycles. The largest absolute Gasteiger partial charge is 0.333 e. The lowest BCUT2D eigenvalue weighted by molar-refractivity contribution is -0.145. The lowest BCUT2D eigenvalue weighted by Crippen LogP contribution is -2.62. The maximum atomic E-state index is 12.9. The number of benzene rings is 1. The molecule has 0 radical (unpaired) electrons. The van der Waals surface area contributed by atoms with Gasteiger partial charge in [-0.15, -0.1) is 0 Å². The van der Waals surface area contributed by atoms with E-state index in [2.05, 4.69) is 5.10 Å². The van der Waals surface area contributed by atoms with Crippen molar-refractivity contribution < 1.29 is 14.4 Å². The van der Waals surface area contributed by atoms with E-state index < -0.39 is 0 Å². The number of aryl methyl sites for hydroxylation is 1. The molecule has 2 saturated heterocycles. The number of carbonyl (C=O) groups is 3. The second kappa shape index (κ2) is 6.69. The van der Waals surface area contributed by atoms with Crippen molar-refractivity contribution in [1.82, 2.24) is 19.6 Å². The summed E-state index contributed by atoms with van der Waals surface area (Å²) in [5.41, 5.74) is 2.20. The molecule has 0 N–H and O–H groups in total. The first-order valence-electron chi connectivity index (χ1n) is 9.95. The molecule has 5 rings (SSSR count). The number of imide groups is 1. The second-order valence-electron chi connectivity index (χ2n) is 7.97. The Morgan fingerprint density at radius 2 is 1.62 bits per heavy atom.